The molecule has 172 valence electrons. The molecular formula is C26H33FN2O2S. The van der Waals surface area contributed by atoms with E-state index in [-0.39, 0.29) is 29.4 Å². The average Bonchev–Trinajstić information content (AvgIpc) is 2.79. The van der Waals surface area contributed by atoms with Gasteiger partial charge in [-0.3, -0.25) is 9.59 Å². The monoisotopic (exact) mass is 456 g/mol. The van der Waals surface area contributed by atoms with Crippen molar-refractivity contribution < 1.29 is 14.0 Å². The summed E-state index contributed by atoms with van der Waals surface area (Å²) in [5, 5.41) is 3.15. The van der Waals surface area contributed by atoms with E-state index in [1.54, 1.807) is 30.0 Å². The van der Waals surface area contributed by atoms with Crippen molar-refractivity contribution in [3.05, 3.63) is 71.0 Å². The Hall–Kier alpha value is -2.34. The summed E-state index contributed by atoms with van der Waals surface area (Å²) in [7, 11) is 0. The highest BCUT2D eigenvalue weighted by molar-refractivity contribution is 7.99. The molecule has 1 fully saturated rings. The quantitative estimate of drug-likeness (QED) is 0.562. The Morgan fingerprint density at radius 3 is 2.59 bits per heavy atom. The molecular weight excluding hydrogens is 423 g/mol. The van der Waals surface area contributed by atoms with Crippen molar-refractivity contribution >= 4 is 23.6 Å². The summed E-state index contributed by atoms with van der Waals surface area (Å²) < 4.78 is 13.9. The number of nitrogens with one attached hydrogen (secondary N) is 1. The first-order valence-corrected chi connectivity index (χ1v) is 12.6. The van der Waals surface area contributed by atoms with Crippen LogP contribution in [-0.4, -0.2) is 34.6 Å². The van der Waals surface area contributed by atoms with Crippen LogP contribution in [0.1, 0.15) is 55.7 Å². The van der Waals surface area contributed by atoms with Crippen molar-refractivity contribution in [2.75, 3.05) is 5.75 Å². The van der Waals surface area contributed by atoms with E-state index in [1.165, 1.54) is 24.2 Å². The maximum atomic E-state index is 13.9. The number of benzene rings is 2. The molecule has 0 heterocycles. The van der Waals surface area contributed by atoms with Crippen LogP contribution in [0.25, 0.3) is 0 Å². The number of aryl methyl sites for hydroxylation is 1. The van der Waals surface area contributed by atoms with E-state index in [0.717, 1.165) is 36.8 Å². The van der Waals surface area contributed by atoms with Crippen molar-refractivity contribution in [1.82, 2.24) is 10.2 Å². The Morgan fingerprint density at radius 1 is 1.12 bits per heavy atom. The Morgan fingerprint density at radius 2 is 1.88 bits per heavy atom. The summed E-state index contributed by atoms with van der Waals surface area (Å²) in [4.78, 5) is 27.8. The van der Waals surface area contributed by atoms with Gasteiger partial charge in [0.1, 0.15) is 11.9 Å². The standard InChI is InChI=1S/C26H33FN2O2S/c1-19-9-8-10-21(15-19)16-29(20(2)26(31)28-23-12-4-3-5-13-23)25(30)18-32-17-22-11-6-7-14-24(22)27/h6-11,14-15,20,23H,3-5,12-13,16-18H2,1-2H3,(H,28,31)/t20-/m1/s1. The van der Waals surface area contributed by atoms with Crippen LogP contribution >= 0.6 is 11.8 Å². The topological polar surface area (TPSA) is 49.4 Å². The lowest BCUT2D eigenvalue weighted by Gasteiger charge is -2.31. The zero-order valence-electron chi connectivity index (χ0n) is 19.0. The second kappa shape index (κ2) is 12.0. The molecule has 2 aromatic rings. The Balaban J connectivity index is 1.66. The lowest BCUT2D eigenvalue weighted by Crippen LogP contribution is -2.50. The predicted octanol–water partition coefficient (Wildman–Crippen LogP) is 5.23. The maximum Gasteiger partial charge on any atom is 0.242 e. The second-order valence-electron chi connectivity index (χ2n) is 8.61. The van der Waals surface area contributed by atoms with Gasteiger partial charge in [0.2, 0.25) is 11.8 Å². The second-order valence-corrected chi connectivity index (χ2v) is 9.60. The number of amides is 2. The third kappa shape index (κ3) is 7.09. The fourth-order valence-corrected chi connectivity index (χ4v) is 5.00. The molecule has 0 unspecified atom stereocenters. The third-order valence-electron chi connectivity index (χ3n) is 6.00. The van der Waals surface area contributed by atoms with E-state index in [0.29, 0.717) is 17.9 Å². The van der Waals surface area contributed by atoms with Crippen LogP contribution in [0.5, 0.6) is 0 Å². The third-order valence-corrected chi connectivity index (χ3v) is 6.96. The zero-order chi connectivity index (χ0) is 22.9. The van der Waals surface area contributed by atoms with Gasteiger partial charge in [0.05, 0.1) is 5.75 Å². The van der Waals surface area contributed by atoms with Gasteiger partial charge >= 0.3 is 0 Å². The summed E-state index contributed by atoms with van der Waals surface area (Å²) in [5.74, 6) is 0.140. The number of nitrogens with zero attached hydrogens (tertiary/aromatic N) is 1. The molecule has 0 bridgehead atoms. The van der Waals surface area contributed by atoms with Crippen LogP contribution in [0.3, 0.4) is 0 Å². The molecule has 1 N–H and O–H groups in total. The normalized spacial score (nSPS) is 15.2. The van der Waals surface area contributed by atoms with Crippen molar-refractivity contribution in [2.45, 2.75) is 70.3 Å². The summed E-state index contributed by atoms with van der Waals surface area (Å²) >= 11 is 1.37. The molecule has 32 heavy (non-hydrogen) atoms. The van der Waals surface area contributed by atoms with Crippen LogP contribution in [0.2, 0.25) is 0 Å². The molecule has 1 aliphatic carbocycles. The number of carbonyl (C=O) groups is 2. The van der Waals surface area contributed by atoms with Gasteiger partial charge in [-0.05, 0) is 43.9 Å². The van der Waals surface area contributed by atoms with Gasteiger partial charge in [0.15, 0.2) is 0 Å². The van der Waals surface area contributed by atoms with Gasteiger partial charge in [-0.25, -0.2) is 4.39 Å². The fraction of sp³-hybridized carbons (Fsp3) is 0.462. The van der Waals surface area contributed by atoms with Crippen LogP contribution in [0, 0.1) is 12.7 Å². The first-order valence-electron chi connectivity index (χ1n) is 11.4. The van der Waals surface area contributed by atoms with E-state index in [1.807, 2.05) is 31.2 Å². The van der Waals surface area contributed by atoms with Gasteiger partial charge in [0, 0.05) is 18.3 Å². The molecule has 1 atom stereocenters. The number of hydrogen-bond donors (Lipinski definition) is 1. The van der Waals surface area contributed by atoms with Gasteiger partial charge in [-0.1, -0.05) is 67.3 Å². The first kappa shape index (κ1) is 24.3. The molecule has 3 rings (SSSR count). The molecule has 6 heteroatoms. The van der Waals surface area contributed by atoms with Crippen LogP contribution < -0.4 is 5.32 Å². The van der Waals surface area contributed by atoms with Gasteiger partial charge in [0.25, 0.3) is 0 Å². The molecule has 2 aromatic carbocycles. The molecule has 1 aliphatic rings. The Labute approximate surface area is 195 Å². The zero-order valence-corrected chi connectivity index (χ0v) is 19.8. The molecule has 0 saturated heterocycles. The summed E-state index contributed by atoms with van der Waals surface area (Å²) in [5.41, 5.74) is 2.69. The van der Waals surface area contributed by atoms with Gasteiger partial charge in [-0.15, -0.1) is 11.8 Å². The highest BCUT2D eigenvalue weighted by atomic mass is 32.2. The molecule has 0 aromatic heterocycles. The molecule has 0 spiro atoms. The number of hydrogen-bond acceptors (Lipinski definition) is 3. The predicted molar refractivity (Wildman–Crippen MR) is 129 cm³/mol. The number of halogens is 1. The van der Waals surface area contributed by atoms with Gasteiger partial charge in [-0.2, -0.15) is 0 Å². The van der Waals surface area contributed by atoms with E-state index < -0.39 is 6.04 Å². The first-order chi connectivity index (χ1) is 15.4. The molecule has 4 nitrogen and oxygen atoms in total. The van der Waals surface area contributed by atoms with Crippen LogP contribution in [-0.2, 0) is 21.9 Å². The summed E-state index contributed by atoms with van der Waals surface area (Å²) in [6.45, 7) is 4.19. The fourth-order valence-electron chi connectivity index (χ4n) is 4.11. The smallest absolute Gasteiger partial charge is 0.242 e. The Kier molecular flexibility index (Phi) is 9.15. The number of rotatable bonds is 9. The van der Waals surface area contributed by atoms with E-state index >= 15 is 0 Å². The molecule has 0 aliphatic heterocycles. The minimum atomic E-state index is -0.570. The van der Waals surface area contributed by atoms with Crippen molar-refractivity contribution in [2.24, 2.45) is 0 Å². The number of carbonyl (C=O) groups excluding carboxylic acids is 2. The summed E-state index contributed by atoms with van der Waals surface area (Å²) in [6.07, 6.45) is 5.50. The van der Waals surface area contributed by atoms with E-state index in [9.17, 15) is 14.0 Å². The highest BCUT2D eigenvalue weighted by Crippen LogP contribution is 2.20. The summed E-state index contributed by atoms with van der Waals surface area (Å²) in [6, 6.07) is 14.2. The minimum absolute atomic E-state index is 0.1000. The Bertz CT molecular complexity index is 914. The highest BCUT2D eigenvalue weighted by Gasteiger charge is 2.28. The van der Waals surface area contributed by atoms with E-state index in [2.05, 4.69) is 5.32 Å². The molecule has 0 radical (unpaired) electrons. The lowest BCUT2D eigenvalue weighted by molar-refractivity contribution is -0.139. The van der Waals surface area contributed by atoms with Crippen LogP contribution in [0.4, 0.5) is 4.39 Å². The van der Waals surface area contributed by atoms with E-state index in [4.69, 9.17) is 0 Å². The van der Waals surface area contributed by atoms with Gasteiger partial charge < -0.3 is 10.2 Å². The van der Waals surface area contributed by atoms with Crippen molar-refractivity contribution in [3.63, 3.8) is 0 Å². The molecule has 2 amide bonds. The van der Waals surface area contributed by atoms with Crippen LogP contribution in [0.15, 0.2) is 48.5 Å². The lowest BCUT2D eigenvalue weighted by atomic mass is 9.95. The number of thioether (sulfide) groups is 1. The molecule has 1 saturated carbocycles. The minimum Gasteiger partial charge on any atom is -0.352 e. The maximum absolute atomic E-state index is 13.9. The SMILES string of the molecule is Cc1cccc(CN(C(=O)CSCc2ccccc2F)[C@H](C)C(=O)NC2CCCCC2)c1. The average molecular weight is 457 g/mol. The van der Waals surface area contributed by atoms with Crippen molar-refractivity contribution in [3.8, 4) is 0 Å². The van der Waals surface area contributed by atoms with Crippen molar-refractivity contribution in [1.29, 1.82) is 0 Å². The largest absolute Gasteiger partial charge is 0.352 e.